The Bertz CT molecular complexity index is 371. The van der Waals surface area contributed by atoms with Gasteiger partial charge < -0.3 is 21.1 Å². The zero-order valence-electron chi connectivity index (χ0n) is 9.93. The van der Waals surface area contributed by atoms with Gasteiger partial charge in [0.2, 0.25) is 5.91 Å². The Morgan fingerprint density at radius 2 is 2.41 bits per heavy atom. The van der Waals surface area contributed by atoms with Gasteiger partial charge in [0.05, 0.1) is 18.5 Å². The summed E-state index contributed by atoms with van der Waals surface area (Å²) in [6.07, 6.45) is 2.85. The lowest BCUT2D eigenvalue weighted by atomic mass is 10.3. The van der Waals surface area contributed by atoms with E-state index in [0.29, 0.717) is 24.7 Å². The quantitative estimate of drug-likeness (QED) is 0.585. The van der Waals surface area contributed by atoms with E-state index in [2.05, 4.69) is 20.6 Å². The first-order valence-electron chi connectivity index (χ1n) is 5.23. The van der Waals surface area contributed by atoms with Gasteiger partial charge in [-0.15, -0.1) is 0 Å². The number of nitrogens with two attached hydrogens (primary N) is 1. The Labute approximate surface area is 99.8 Å². The third kappa shape index (κ3) is 4.23. The summed E-state index contributed by atoms with van der Waals surface area (Å²) in [7, 11) is 1.58. The predicted octanol–water partition coefficient (Wildman–Crippen LogP) is -0.378. The van der Waals surface area contributed by atoms with Gasteiger partial charge in [0.15, 0.2) is 5.82 Å². The van der Waals surface area contributed by atoms with Crippen molar-refractivity contribution in [3.8, 4) is 0 Å². The minimum atomic E-state index is -0.427. The number of rotatable bonds is 6. The van der Waals surface area contributed by atoms with Crippen molar-refractivity contribution in [1.82, 2.24) is 15.3 Å². The molecule has 1 atom stereocenters. The monoisotopic (exact) mass is 239 g/mol. The number of hydrogen-bond acceptors (Lipinski definition) is 6. The van der Waals surface area contributed by atoms with Crippen LogP contribution in [0, 0.1) is 0 Å². The van der Waals surface area contributed by atoms with Crippen molar-refractivity contribution < 1.29 is 9.53 Å². The second kappa shape index (κ2) is 6.64. The molecule has 0 aliphatic carbocycles. The van der Waals surface area contributed by atoms with Crippen molar-refractivity contribution in [2.45, 2.75) is 13.0 Å². The molecule has 0 aliphatic rings. The van der Waals surface area contributed by atoms with Gasteiger partial charge in [0.1, 0.15) is 12.4 Å². The molecule has 94 valence electrons. The van der Waals surface area contributed by atoms with Crippen LogP contribution in [0.25, 0.3) is 0 Å². The Kier molecular flexibility index (Phi) is 5.15. The van der Waals surface area contributed by atoms with Crippen LogP contribution >= 0.6 is 0 Å². The Balaban J connectivity index is 2.46. The Hall–Kier alpha value is -1.89. The molecule has 0 radical (unpaired) electrons. The highest BCUT2D eigenvalue weighted by Gasteiger charge is 2.13. The van der Waals surface area contributed by atoms with Crippen LogP contribution in [0.2, 0.25) is 0 Å². The maximum absolute atomic E-state index is 11.6. The summed E-state index contributed by atoms with van der Waals surface area (Å²) in [5.41, 5.74) is 6.06. The van der Waals surface area contributed by atoms with E-state index < -0.39 is 6.04 Å². The lowest BCUT2D eigenvalue weighted by Crippen LogP contribution is -2.39. The molecule has 0 bridgehead atoms. The first-order valence-corrected chi connectivity index (χ1v) is 5.23. The van der Waals surface area contributed by atoms with E-state index >= 15 is 0 Å². The molecule has 17 heavy (non-hydrogen) atoms. The minimum absolute atomic E-state index is 0.139. The van der Waals surface area contributed by atoms with E-state index in [4.69, 9.17) is 10.5 Å². The number of nitrogens with zero attached hydrogens (tertiary/aromatic N) is 2. The summed E-state index contributed by atoms with van der Waals surface area (Å²) in [4.78, 5) is 19.3. The van der Waals surface area contributed by atoms with Crippen molar-refractivity contribution in [1.29, 1.82) is 0 Å². The summed E-state index contributed by atoms with van der Waals surface area (Å²) < 4.78 is 4.83. The molecule has 0 aromatic carbocycles. The highest BCUT2D eigenvalue weighted by atomic mass is 16.5. The number of carbonyl (C=O) groups is 1. The van der Waals surface area contributed by atoms with E-state index in [9.17, 15) is 4.79 Å². The number of hydrogen-bond donors (Lipinski definition) is 3. The molecule has 0 saturated carbocycles. The fourth-order valence-electron chi connectivity index (χ4n) is 1.16. The molecular weight excluding hydrogens is 222 g/mol. The third-order valence-corrected chi connectivity index (χ3v) is 2.09. The van der Waals surface area contributed by atoms with Gasteiger partial charge in [-0.1, -0.05) is 0 Å². The molecular formula is C10H17N5O2. The molecule has 0 aliphatic heterocycles. The van der Waals surface area contributed by atoms with Crippen LogP contribution in [-0.2, 0) is 9.53 Å². The van der Waals surface area contributed by atoms with Crippen molar-refractivity contribution in [2.24, 2.45) is 0 Å². The lowest BCUT2D eigenvalue weighted by molar-refractivity contribution is -0.121. The average Bonchev–Trinajstić information content (AvgIpc) is 2.32. The smallest absolute Gasteiger partial charge is 0.242 e. The molecule has 7 heteroatoms. The Morgan fingerprint density at radius 3 is 3.06 bits per heavy atom. The number of nitrogen functional groups attached to an aromatic ring is 1. The number of nitrogens with one attached hydrogen (secondary N) is 2. The van der Waals surface area contributed by atoms with Crippen LogP contribution in [0.5, 0.6) is 0 Å². The topological polar surface area (TPSA) is 102 Å². The largest absolute Gasteiger partial charge is 0.394 e. The average molecular weight is 239 g/mol. The van der Waals surface area contributed by atoms with E-state index in [0.717, 1.165) is 0 Å². The van der Waals surface area contributed by atoms with Gasteiger partial charge in [-0.05, 0) is 6.92 Å². The number of aromatic nitrogens is 2. The van der Waals surface area contributed by atoms with Crippen LogP contribution in [0.3, 0.4) is 0 Å². The molecule has 0 spiro atoms. The first-order chi connectivity index (χ1) is 8.15. The highest BCUT2D eigenvalue weighted by molar-refractivity contribution is 5.84. The lowest BCUT2D eigenvalue weighted by Gasteiger charge is -2.15. The van der Waals surface area contributed by atoms with Gasteiger partial charge in [-0.25, -0.2) is 9.97 Å². The van der Waals surface area contributed by atoms with Crippen LogP contribution in [0.4, 0.5) is 11.5 Å². The summed E-state index contributed by atoms with van der Waals surface area (Å²) >= 11 is 0. The number of ether oxygens (including phenoxy) is 1. The number of anilines is 2. The second-order valence-corrected chi connectivity index (χ2v) is 3.48. The molecule has 7 nitrogen and oxygen atoms in total. The van der Waals surface area contributed by atoms with Gasteiger partial charge in [0, 0.05) is 13.7 Å². The molecule has 1 rings (SSSR count). The van der Waals surface area contributed by atoms with Gasteiger partial charge in [-0.3, -0.25) is 4.79 Å². The van der Waals surface area contributed by atoms with Crippen LogP contribution < -0.4 is 16.4 Å². The van der Waals surface area contributed by atoms with Crippen LogP contribution in [0.15, 0.2) is 12.5 Å². The SMILES string of the molecule is COCCNC(=O)C(C)Nc1ncncc1N. The van der Waals surface area contributed by atoms with E-state index in [1.165, 1.54) is 12.5 Å². The molecule has 1 heterocycles. The van der Waals surface area contributed by atoms with Gasteiger partial charge >= 0.3 is 0 Å². The number of carbonyl (C=O) groups excluding carboxylic acids is 1. The van der Waals surface area contributed by atoms with E-state index in [-0.39, 0.29) is 5.91 Å². The maximum Gasteiger partial charge on any atom is 0.242 e. The zero-order valence-corrected chi connectivity index (χ0v) is 9.93. The molecule has 1 amide bonds. The fraction of sp³-hybridized carbons (Fsp3) is 0.500. The van der Waals surface area contributed by atoms with Gasteiger partial charge in [0.25, 0.3) is 0 Å². The molecule has 1 aromatic heterocycles. The third-order valence-electron chi connectivity index (χ3n) is 2.09. The Morgan fingerprint density at radius 1 is 1.65 bits per heavy atom. The van der Waals surface area contributed by atoms with Crippen LogP contribution in [-0.4, -0.2) is 42.2 Å². The van der Waals surface area contributed by atoms with Crippen molar-refractivity contribution in [3.05, 3.63) is 12.5 Å². The number of amides is 1. The minimum Gasteiger partial charge on any atom is -0.394 e. The molecule has 0 saturated heterocycles. The highest BCUT2D eigenvalue weighted by Crippen LogP contribution is 2.12. The summed E-state index contributed by atoms with van der Waals surface area (Å²) in [6.45, 7) is 2.68. The molecule has 1 aromatic rings. The fourth-order valence-corrected chi connectivity index (χ4v) is 1.16. The maximum atomic E-state index is 11.6. The second-order valence-electron chi connectivity index (χ2n) is 3.48. The standard InChI is InChI=1S/C10H17N5O2/c1-7(10(16)13-3-4-17-2)15-9-8(11)5-12-6-14-9/h5-7H,3-4,11H2,1-2H3,(H,13,16)(H,12,14,15). The molecule has 0 fully saturated rings. The summed E-state index contributed by atoms with van der Waals surface area (Å²) in [5.74, 6) is 0.314. The van der Waals surface area contributed by atoms with Gasteiger partial charge in [-0.2, -0.15) is 0 Å². The summed E-state index contributed by atoms with van der Waals surface area (Å²) in [6, 6.07) is -0.427. The van der Waals surface area contributed by atoms with Crippen molar-refractivity contribution >= 4 is 17.4 Å². The van der Waals surface area contributed by atoms with Crippen LogP contribution in [0.1, 0.15) is 6.92 Å². The van der Waals surface area contributed by atoms with Crippen molar-refractivity contribution in [3.63, 3.8) is 0 Å². The summed E-state index contributed by atoms with van der Waals surface area (Å²) in [5, 5.41) is 5.62. The van der Waals surface area contributed by atoms with E-state index in [1.807, 2.05) is 0 Å². The first kappa shape index (κ1) is 13.2. The normalized spacial score (nSPS) is 11.9. The predicted molar refractivity (Wildman–Crippen MR) is 64.4 cm³/mol. The van der Waals surface area contributed by atoms with Crippen molar-refractivity contribution in [2.75, 3.05) is 31.3 Å². The number of methoxy groups -OCH3 is 1. The molecule has 1 unspecified atom stereocenters. The van der Waals surface area contributed by atoms with E-state index in [1.54, 1.807) is 14.0 Å². The zero-order chi connectivity index (χ0) is 12.7. The molecule has 4 N–H and O–H groups in total.